The van der Waals surface area contributed by atoms with Gasteiger partial charge in [0.25, 0.3) is 0 Å². The number of halogens is 2. The molecule has 5 heteroatoms. The number of hydrogen-bond donors (Lipinski definition) is 1. The Morgan fingerprint density at radius 3 is 2.70 bits per heavy atom. The van der Waals surface area contributed by atoms with Crippen LogP contribution in [-0.4, -0.2) is 14.2 Å². The van der Waals surface area contributed by atoms with Crippen molar-refractivity contribution >= 4 is 27.3 Å². The van der Waals surface area contributed by atoms with Crippen LogP contribution in [0.1, 0.15) is 5.56 Å². The lowest BCUT2D eigenvalue weighted by Gasteiger charge is -2.22. The molecule has 0 radical (unpaired) electrons. The van der Waals surface area contributed by atoms with Gasteiger partial charge in [0.15, 0.2) is 0 Å². The Balaban J connectivity index is 2.28. The minimum atomic E-state index is -0.364. The molecule has 0 atom stereocenters. The predicted molar refractivity (Wildman–Crippen MR) is 83.6 cm³/mol. The summed E-state index contributed by atoms with van der Waals surface area (Å²) in [4.78, 5) is 1.96. The largest absolute Gasteiger partial charge is 0.496 e. The van der Waals surface area contributed by atoms with Gasteiger partial charge in [-0.1, -0.05) is 18.2 Å². The van der Waals surface area contributed by atoms with Crippen molar-refractivity contribution in [1.82, 2.24) is 0 Å². The van der Waals surface area contributed by atoms with Crippen LogP contribution in [0.4, 0.5) is 15.8 Å². The van der Waals surface area contributed by atoms with Crippen LogP contribution in [0.15, 0.2) is 40.9 Å². The van der Waals surface area contributed by atoms with Gasteiger partial charge in [-0.05, 0) is 28.1 Å². The molecule has 0 amide bonds. The molecule has 3 nitrogen and oxygen atoms in total. The predicted octanol–water partition coefficient (Wildman–Crippen LogP) is 3.82. The standard InChI is InChI=1S/C15H16BrFN2O/c1-19(9-10-5-3-4-6-15(10)20-2)14-7-11(16)12(17)8-13(14)18/h3-8H,9,18H2,1-2H3. The molecule has 0 bridgehead atoms. The Hall–Kier alpha value is -1.75. The van der Waals surface area contributed by atoms with Gasteiger partial charge in [0.05, 0.1) is 23.0 Å². The second-order valence-electron chi connectivity index (χ2n) is 4.49. The molecule has 20 heavy (non-hydrogen) atoms. The van der Waals surface area contributed by atoms with E-state index >= 15 is 0 Å². The summed E-state index contributed by atoms with van der Waals surface area (Å²) < 4.78 is 19.1. The Labute approximate surface area is 126 Å². The Morgan fingerprint density at radius 1 is 1.30 bits per heavy atom. The van der Waals surface area contributed by atoms with Crippen molar-refractivity contribution in [3.05, 3.63) is 52.3 Å². The lowest BCUT2D eigenvalue weighted by Crippen LogP contribution is -2.18. The van der Waals surface area contributed by atoms with Gasteiger partial charge in [0, 0.05) is 25.2 Å². The first-order valence-corrected chi connectivity index (χ1v) is 6.89. The molecule has 0 aromatic heterocycles. The summed E-state index contributed by atoms with van der Waals surface area (Å²) in [5.74, 6) is 0.455. The minimum Gasteiger partial charge on any atom is -0.496 e. The molecule has 0 fully saturated rings. The van der Waals surface area contributed by atoms with Crippen LogP contribution in [-0.2, 0) is 6.54 Å². The van der Waals surface area contributed by atoms with Gasteiger partial charge in [-0.25, -0.2) is 4.39 Å². The first-order chi connectivity index (χ1) is 9.52. The number of benzene rings is 2. The van der Waals surface area contributed by atoms with E-state index in [-0.39, 0.29) is 5.82 Å². The van der Waals surface area contributed by atoms with E-state index in [0.717, 1.165) is 17.0 Å². The maximum atomic E-state index is 13.4. The fraction of sp³-hybridized carbons (Fsp3) is 0.200. The Morgan fingerprint density at radius 2 is 2.00 bits per heavy atom. The van der Waals surface area contributed by atoms with E-state index < -0.39 is 0 Å². The maximum Gasteiger partial charge on any atom is 0.139 e. The molecular formula is C15H16BrFN2O. The third-order valence-electron chi connectivity index (χ3n) is 3.08. The summed E-state index contributed by atoms with van der Waals surface area (Å²) in [5, 5.41) is 0. The molecule has 2 rings (SSSR count). The smallest absolute Gasteiger partial charge is 0.139 e. The quantitative estimate of drug-likeness (QED) is 0.861. The van der Waals surface area contributed by atoms with Gasteiger partial charge in [0.1, 0.15) is 11.6 Å². The second kappa shape index (κ2) is 6.13. The van der Waals surface area contributed by atoms with Crippen LogP contribution in [0.25, 0.3) is 0 Å². The van der Waals surface area contributed by atoms with Crippen LogP contribution >= 0.6 is 15.9 Å². The number of nitrogens with two attached hydrogens (primary N) is 1. The zero-order chi connectivity index (χ0) is 14.7. The first-order valence-electron chi connectivity index (χ1n) is 6.10. The minimum absolute atomic E-state index is 0.364. The number of hydrogen-bond acceptors (Lipinski definition) is 3. The van der Waals surface area contributed by atoms with E-state index in [4.69, 9.17) is 10.5 Å². The molecule has 0 saturated carbocycles. The normalized spacial score (nSPS) is 10.4. The average Bonchev–Trinajstić information content (AvgIpc) is 2.43. The fourth-order valence-electron chi connectivity index (χ4n) is 2.06. The third kappa shape index (κ3) is 3.04. The van der Waals surface area contributed by atoms with Crippen LogP contribution in [0.3, 0.4) is 0 Å². The summed E-state index contributed by atoms with van der Waals surface area (Å²) in [7, 11) is 3.55. The molecule has 0 aliphatic rings. The second-order valence-corrected chi connectivity index (χ2v) is 5.35. The first kappa shape index (κ1) is 14.7. The van der Waals surface area contributed by atoms with Gasteiger partial charge >= 0.3 is 0 Å². The third-order valence-corrected chi connectivity index (χ3v) is 3.69. The van der Waals surface area contributed by atoms with E-state index in [9.17, 15) is 4.39 Å². The zero-order valence-electron chi connectivity index (χ0n) is 11.4. The molecule has 2 N–H and O–H groups in total. The number of methoxy groups -OCH3 is 1. The summed E-state index contributed by atoms with van der Waals surface area (Å²) in [6, 6.07) is 10.8. The monoisotopic (exact) mass is 338 g/mol. The summed E-state index contributed by atoms with van der Waals surface area (Å²) in [5.41, 5.74) is 8.09. The van der Waals surface area contributed by atoms with Crippen LogP contribution in [0.2, 0.25) is 0 Å². The van der Waals surface area contributed by atoms with Gasteiger partial charge < -0.3 is 15.4 Å². The molecule has 0 spiro atoms. The van der Waals surface area contributed by atoms with Crippen LogP contribution in [0.5, 0.6) is 5.75 Å². The van der Waals surface area contributed by atoms with E-state index in [1.165, 1.54) is 6.07 Å². The highest BCUT2D eigenvalue weighted by molar-refractivity contribution is 9.10. The molecule has 0 unspecified atom stereocenters. The molecule has 0 heterocycles. The van der Waals surface area contributed by atoms with Crippen LogP contribution in [0, 0.1) is 5.82 Å². The lowest BCUT2D eigenvalue weighted by molar-refractivity contribution is 0.409. The number of ether oxygens (including phenoxy) is 1. The Bertz CT molecular complexity index is 619. The highest BCUT2D eigenvalue weighted by Gasteiger charge is 2.12. The van der Waals surface area contributed by atoms with Crippen molar-refractivity contribution in [3.63, 3.8) is 0 Å². The summed E-state index contributed by atoms with van der Waals surface area (Å²) in [6.45, 7) is 0.617. The summed E-state index contributed by atoms with van der Waals surface area (Å²) in [6.07, 6.45) is 0. The fourth-order valence-corrected chi connectivity index (χ4v) is 2.39. The van der Waals surface area contributed by atoms with Crippen molar-refractivity contribution in [3.8, 4) is 5.75 Å². The Kier molecular flexibility index (Phi) is 4.49. The highest BCUT2D eigenvalue weighted by atomic mass is 79.9. The molecule has 2 aromatic carbocycles. The van der Waals surface area contributed by atoms with Gasteiger partial charge in [-0.2, -0.15) is 0 Å². The summed E-state index contributed by atoms with van der Waals surface area (Å²) >= 11 is 3.18. The number of anilines is 2. The van der Waals surface area contributed by atoms with Crippen molar-refractivity contribution in [2.24, 2.45) is 0 Å². The molecule has 2 aromatic rings. The van der Waals surface area contributed by atoms with Crippen molar-refractivity contribution in [1.29, 1.82) is 0 Å². The number of nitrogen functional groups attached to an aromatic ring is 1. The molecular weight excluding hydrogens is 323 g/mol. The molecule has 0 aliphatic heterocycles. The SMILES string of the molecule is COc1ccccc1CN(C)c1cc(Br)c(F)cc1N. The van der Waals surface area contributed by atoms with Gasteiger partial charge in [-0.3, -0.25) is 0 Å². The van der Waals surface area contributed by atoms with Crippen molar-refractivity contribution in [2.45, 2.75) is 6.54 Å². The topological polar surface area (TPSA) is 38.5 Å². The van der Waals surface area contributed by atoms with E-state index in [0.29, 0.717) is 16.7 Å². The van der Waals surface area contributed by atoms with E-state index in [1.54, 1.807) is 13.2 Å². The molecule has 0 saturated heterocycles. The number of para-hydroxylation sites is 1. The zero-order valence-corrected chi connectivity index (χ0v) is 12.9. The average molecular weight is 339 g/mol. The van der Waals surface area contributed by atoms with E-state index in [1.807, 2.05) is 36.2 Å². The molecule has 106 valence electrons. The highest BCUT2D eigenvalue weighted by Crippen LogP contribution is 2.31. The van der Waals surface area contributed by atoms with Crippen LogP contribution < -0.4 is 15.4 Å². The van der Waals surface area contributed by atoms with Crippen molar-refractivity contribution < 1.29 is 9.13 Å². The van der Waals surface area contributed by atoms with Gasteiger partial charge in [-0.15, -0.1) is 0 Å². The van der Waals surface area contributed by atoms with E-state index in [2.05, 4.69) is 15.9 Å². The van der Waals surface area contributed by atoms with Crippen molar-refractivity contribution in [2.75, 3.05) is 24.8 Å². The van der Waals surface area contributed by atoms with Gasteiger partial charge in [0.2, 0.25) is 0 Å². The lowest BCUT2D eigenvalue weighted by atomic mass is 10.1. The number of nitrogens with zero attached hydrogens (tertiary/aromatic N) is 1. The number of rotatable bonds is 4. The molecule has 0 aliphatic carbocycles. The maximum absolute atomic E-state index is 13.4.